The first-order valence-corrected chi connectivity index (χ1v) is 7.15. The van der Waals surface area contributed by atoms with Gasteiger partial charge in [-0.15, -0.1) is 5.06 Å². The van der Waals surface area contributed by atoms with Crippen LogP contribution in [-0.4, -0.2) is 113 Å². The van der Waals surface area contributed by atoms with E-state index < -0.39 is 31.5 Å². The molecule has 0 radical (unpaired) electrons. The number of hydrogen-bond acceptors (Lipinski definition) is 9. The lowest BCUT2D eigenvalue weighted by molar-refractivity contribution is -0.397. The molecule has 4 atom stereocenters. The van der Waals surface area contributed by atoms with E-state index in [0.717, 1.165) is 26.2 Å². The molecule has 2 aliphatic heterocycles. The summed E-state index contributed by atoms with van der Waals surface area (Å²) in [5, 5.41) is 38.3. The molecule has 2 heterocycles. The van der Waals surface area contributed by atoms with Gasteiger partial charge in [0.2, 0.25) is 0 Å². The van der Waals surface area contributed by atoms with Gasteiger partial charge in [0.15, 0.2) is 18.7 Å². The quantitative estimate of drug-likeness (QED) is 0.431. The number of rotatable bonds is 5. The largest absolute Gasteiger partial charge is 0.392 e. The Morgan fingerprint density at radius 1 is 1.19 bits per heavy atom. The summed E-state index contributed by atoms with van der Waals surface area (Å²) < 4.78 is 10.6. The van der Waals surface area contributed by atoms with Gasteiger partial charge in [-0.2, -0.15) is 0 Å². The van der Waals surface area contributed by atoms with Crippen LogP contribution in [0.5, 0.6) is 0 Å². The minimum absolute atomic E-state index is 0.335. The summed E-state index contributed by atoms with van der Waals surface area (Å²) in [5.74, 6) is 0. The smallest absolute Gasteiger partial charge is 0.189 e. The van der Waals surface area contributed by atoms with Gasteiger partial charge in [-0.1, -0.05) is 0 Å². The molecule has 4 unspecified atom stereocenters. The van der Waals surface area contributed by atoms with Crippen LogP contribution < -0.4 is 0 Å². The van der Waals surface area contributed by atoms with Gasteiger partial charge in [0, 0.05) is 32.7 Å². The monoisotopic (exact) mass is 307 g/mol. The van der Waals surface area contributed by atoms with Gasteiger partial charge in [0.25, 0.3) is 0 Å². The highest BCUT2D eigenvalue weighted by Crippen LogP contribution is 2.20. The van der Waals surface area contributed by atoms with E-state index in [1.165, 1.54) is 0 Å². The van der Waals surface area contributed by atoms with E-state index in [2.05, 4.69) is 16.8 Å². The minimum Gasteiger partial charge on any atom is -0.392 e. The predicted octanol–water partition coefficient (Wildman–Crippen LogP) is -2.70. The van der Waals surface area contributed by atoms with Gasteiger partial charge in [-0.3, -0.25) is 4.90 Å². The number of likely N-dealkylation sites (N-methyl/N-ethyl adjacent to an activating group) is 1. The van der Waals surface area contributed by atoms with Gasteiger partial charge in [-0.05, 0) is 7.05 Å². The third-order valence-corrected chi connectivity index (χ3v) is 3.88. The first kappa shape index (κ1) is 17.0. The molecule has 0 aromatic rings. The molecular formula is C12H25N3O6. The normalized spacial score (nSPS) is 37.0. The van der Waals surface area contributed by atoms with Gasteiger partial charge in [0.05, 0.1) is 13.2 Å². The van der Waals surface area contributed by atoms with Crippen molar-refractivity contribution in [3.8, 4) is 0 Å². The van der Waals surface area contributed by atoms with Crippen LogP contribution in [0.25, 0.3) is 0 Å². The van der Waals surface area contributed by atoms with Crippen molar-refractivity contribution in [1.82, 2.24) is 14.9 Å². The summed E-state index contributed by atoms with van der Waals surface area (Å²) >= 11 is 0. The van der Waals surface area contributed by atoms with E-state index >= 15 is 0 Å². The van der Waals surface area contributed by atoms with Crippen molar-refractivity contribution in [2.24, 2.45) is 0 Å². The number of ether oxygens (including phenoxy) is 2. The summed E-state index contributed by atoms with van der Waals surface area (Å²) in [6, 6.07) is 0. The molecule has 0 amide bonds. The lowest BCUT2D eigenvalue weighted by atomic mass is 10.2. The van der Waals surface area contributed by atoms with Crippen molar-refractivity contribution in [3.05, 3.63) is 0 Å². The first-order chi connectivity index (χ1) is 10.0. The maximum atomic E-state index is 9.79. The zero-order chi connectivity index (χ0) is 15.4. The third-order valence-electron chi connectivity index (χ3n) is 3.88. The number of aliphatic hydroxyl groups is 3. The van der Waals surface area contributed by atoms with E-state index in [9.17, 15) is 15.4 Å². The molecule has 0 saturated carbocycles. The zero-order valence-corrected chi connectivity index (χ0v) is 12.2. The Labute approximate surface area is 123 Å². The number of aliphatic hydroxyl groups excluding tert-OH is 3. The molecule has 0 aromatic heterocycles. The second-order valence-corrected chi connectivity index (χ2v) is 5.44. The van der Waals surface area contributed by atoms with Crippen molar-refractivity contribution in [3.63, 3.8) is 0 Å². The molecular weight excluding hydrogens is 282 g/mol. The van der Waals surface area contributed by atoms with Crippen molar-refractivity contribution < 1.29 is 30.0 Å². The Bertz CT molecular complexity index is 313. The molecule has 2 rings (SSSR count). The van der Waals surface area contributed by atoms with Crippen LogP contribution in [0.2, 0.25) is 0 Å². The molecule has 124 valence electrons. The van der Waals surface area contributed by atoms with Gasteiger partial charge >= 0.3 is 0 Å². The highest BCUT2D eigenvalue weighted by molar-refractivity contribution is 4.77. The Kier molecular flexibility index (Phi) is 6.29. The molecule has 0 spiro atoms. The van der Waals surface area contributed by atoms with Crippen LogP contribution in [0.1, 0.15) is 0 Å². The van der Waals surface area contributed by atoms with Crippen LogP contribution in [0, 0.1) is 0 Å². The third kappa shape index (κ3) is 4.31. The predicted molar refractivity (Wildman–Crippen MR) is 71.3 cm³/mol. The molecule has 0 aliphatic carbocycles. The second-order valence-electron chi connectivity index (χ2n) is 5.44. The van der Waals surface area contributed by atoms with Gasteiger partial charge in [0.1, 0.15) is 6.10 Å². The second kappa shape index (κ2) is 7.77. The summed E-state index contributed by atoms with van der Waals surface area (Å²) in [4.78, 5) is 4.50. The Morgan fingerprint density at radius 3 is 2.48 bits per heavy atom. The molecule has 4 N–H and O–H groups in total. The van der Waals surface area contributed by atoms with Gasteiger partial charge in [-0.25, -0.2) is 0 Å². The molecule has 9 nitrogen and oxygen atoms in total. The molecule has 2 fully saturated rings. The fourth-order valence-electron chi connectivity index (χ4n) is 2.40. The Morgan fingerprint density at radius 2 is 1.86 bits per heavy atom. The SMILES string of the molecule is CN1CCN(CCOC2OC(CO)N(O)C(O)C2O)CC1. The number of nitrogens with zero attached hydrogens (tertiary/aromatic N) is 3. The average molecular weight is 307 g/mol. The van der Waals surface area contributed by atoms with Crippen molar-refractivity contribution >= 4 is 0 Å². The maximum Gasteiger partial charge on any atom is 0.189 e. The van der Waals surface area contributed by atoms with E-state index in [1.54, 1.807) is 0 Å². The van der Waals surface area contributed by atoms with Crippen LogP contribution in [0.4, 0.5) is 0 Å². The summed E-state index contributed by atoms with van der Waals surface area (Å²) in [6.07, 6.45) is -5.14. The van der Waals surface area contributed by atoms with E-state index in [4.69, 9.17) is 14.6 Å². The van der Waals surface area contributed by atoms with Crippen LogP contribution in [0.15, 0.2) is 0 Å². The zero-order valence-electron chi connectivity index (χ0n) is 12.2. The van der Waals surface area contributed by atoms with Gasteiger partial charge < -0.3 is 34.9 Å². The number of hydrogen-bond donors (Lipinski definition) is 4. The van der Waals surface area contributed by atoms with Crippen LogP contribution >= 0.6 is 0 Å². The van der Waals surface area contributed by atoms with E-state index in [-0.39, 0.29) is 0 Å². The molecule has 0 bridgehead atoms. The Hall–Kier alpha value is -0.360. The lowest BCUT2D eigenvalue weighted by Crippen LogP contribution is -2.61. The standard InChI is InChI=1S/C12H25N3O6/c1-13-2-4-14(5-3-13)6-7-20-12-10(17)11(18)15(19)9(8-16)21-12/h9-12,16-19H,2-8H2,1H3. The molecule has 9 heteroatoms. The number of hydroxylamine groups is 2. The summed E-state index contributed by atoms with van der Waals surface area (Å²) in [7, 11) is 2.08. The molecule has 2 aliphatic rings. The fourth-order valence-corrected chi connectivity index (χ4v) is 2.40. The summed E-state index contributed by atoms with van der Waals surface area (Å²) in [6.45, 7) is 4.45. The first-order valence-electron chi connectivity index (χ1n) is 7.15. The highest BCUT2D eigenvalue weighted by atomic mass is 16.7. The van der Waals surface area contributed by atoms with Crippen LogP contribution in [0.3, 0.4) is 0 Å². The average Bonchev–Trinajstić information content (AvgIpc) is 2.49. The van der Waals surface area contributed by atoms with E-state index in [0.29, 0.717) is 18.2 Å². The Balaban J connectivity index is 1.74. The minimum atomic E-state index is -1.55. The molecule has 0 aromatic carbocycles. The molecule has 21 heavy (non-hydrogen) atoms. The van der Waals surface area contributed by atoms with Crippen molar-refractivity contribution in [1.29, 1.82) is 0 Å². The fraction of sp³-hybridized carbons (Fsp3) is 1.00. The van der Waals surface area contributed by atoms with Crippen molar-refractivity contribution in [2.75, 3.05) is 53.0 Å². The highest BCUT2D eigenvalue weighted by Gasteiger charge is 2.42. The number of piperazine rings is 1. The maximum absolute atomic E-state index is 9.79. The molecule has 2 saturated heterocycles. The van der Waals surface area contributed by atoms with Crippen molar-refractivity contribution in [2.45, 2.75) is 24.8 Å². The topological polar surface area (TPSA) is 109 Å². The lowest BCUT2D eigenvalue weighted by Gasteiger charge is -2.41. The summed E-state index contributed by atoms with van der Waals surface area (Å²) in [5.41, 5.74) is 0. The van der Waals surface area contributed by atoms with Crippen LogP contribution in [-0.2, 0) is 9.47 Å². The van der Waals surface area contributed by atoms with E-state index in [1.807, 2.05) is 0 Å².